The maximum atomic E-state index is 5.05. The Kier molecular flexibility index (Phi) is 2.68. The van der Waals surface area contributed by atoms with Crippen LogP contribution >= 0.6 is 0 Å². The van der Waals surface area contributed by atoms with Crippen LogP contribution in [0.3, 0.4) is 0 Å². The molecule has 0 aromatic carbocycles. The molecule has 0 amide bonds. The monoisotopic (exact) mass is 144 g/mol. The lowest BCUT2D eigenvalue weighted by Gasteiger charge is -2.03. The molecular weight excluding hydrogens is 132 g/mol. The van der Waals surface area contributed by atoms with E-state index in [1.54, 1.807) is 0 Å². The van der Waals surface area contributed by atoms with Gasteiger partial charge in [0.15, 0.2) is 0 Å². The van der Waals surface area contributed by atoms with Crippen LogP contribution in [0, 0.1) is 0 Å². The van der Waals surface area contributed by atoms with Gasteiger partial charge < -0.3 is 4.84 Å². The Bertz CT molecular complexity index is 136. The van der Waals surface area contributed by atoms with Crippen molar-refractivity contribution in [1.82, 2.24) is 5.48 Å². The van der Waals surface area contributed by atoms with E-state index >= 15 is 0 Å². The molecule has 0 fully saturated rings. The van der Waals surface area contributed by atoms with Gasteiger partial charge in [0.25, 0.3) is 0 Å². The van der Waals surface area contributed by atoms with Crippen molar-refractivity contribution in [2.75, 3.05) is 6.61 Å². The molecule has 4 heteroatoms. The van der Waals surface area contributed by atoms with Crippen LogP contribution in [0.15, 0.2) is 11.8 Å². The van der Waals surface area contributed by atoms with Crippen LogP contribution in [-0.2, 0) is 9.68 Å². The van der Waals surface area contributed by atoms with E-state index < -0.39 is 0 Å². The van der Waals surface area contributed by atoms with E-state index in [9.17, 15) is 0 Å². The van der Waals surface area contributed by atoms with Crippen LogP contribution in [0.5, 0.6) is 0 Å². The van der Waals surface area contributed by atoms with E-state index in [1.807, 2.05) is 13.0 Å². The van der Waals surface area contributed by atoms with E-state index in [-0.39, 0.29) is 6.10 Å². The molecule has 0 bridgehead atoms. The minimum Gasteiger partial charge on any atom is -0.301 e. The molecule has 10 heavy (non-hydrogen) atoms. The van der Waals surface area contributed by atoms with Gasteiger partial charge in [0.1, 0.15) is 12.7 Å². The zero-order valence-electron chi connectivity index (χ0n) is 5.96. The van der Waals surface area contributed by atoms with E-state index in [4.69, 9.17) is 10.7 Å². The van der Waals surface area contributed by atoms with Gasteiger partial charge in [-0.15, -0.1) is 0 Å². The van der Waals surface area contributed by atoms with Gasteiger partial charge in [0, 0.05) is 5.70 Å². The molecule has 3 N–H and O–H groups in total. The second-order valence-electron chi connectivity index (χ2n) is 2.14. The highest BCUT2D eigenvalue weighted by Gasteiger charge is 2.14. The first-order valence-electron chi connectivity index (χ1n) is 3.31. The molecule has 1 atom stereocenters. The number of hydrogen-bond acceptors (Lipinski definition) is 4. The Morgan fingerprint density at radius 1 is 1.90 bits per heavy atom. The maximum Gasteiger partial charge on any atom is 0.131 e. The van der Waals surface area contributed by atoms with Crippen LogP contribution in [0.2, 0.25) is 0 Å². The average Bonchev–Trinajstić information content (AvgIpc) is 2.37. The molecule has 58 valence electrons. The molecule has 1 rings (SSSR count). The summed E-state index contributed by atoms with van der Waals surface area (Å²) >= 11 is 0. The van der Waals surface area contributed by atoms with Gasteiger partial charge in [-0.25, -0.2) is 5.90 Å². The van der Waals surface area contributed by atoms with Crippen molar-refractivity contribution in [2.24, 2.45) is 5.90 Å². The Labute approximate surface area is 59.9 Å². The zero-order chi connectivity index (χ0) is 7.40. The Hall–Kier alpha value is -0.580. The van der Waals surface area contributed by atoms with Crippen LogP contribution < -0.4 is 11.4 Å². The Balaban J connectivity index is 2.32. The predicted octanol–water partition coefficient (Wildman–Crippen LogP) is 0.0740. The minimum absolute atomic E-state index is 0.0278. The average molecular weight is 144 g/mol. The highest BCUT2D eigenvalue weighted by Crippen LogP contribution is 2.08. The zero-order valence-corrected chi connectivity index (χ0v) is 5.96. The second-order valence-corrected chi connectivity index (χ2v) is 2.14. The standard InChI is InChI=1S/C6H12N2O2/c1-2-5-3-6(4-9-7)10-8-5/h3,6,8H,2,4,7H2,1H3. The maximum absolute atomic E-state index is 5.05. The summed E-state index contributed by atoms with van der Waals surface area (Å²) in [6.07, 6.45) is 2.88. The van der Waals surface area contributed by atoms with Crippen molar-refractivity contribution in [1.29, 1.82) is 0 Å². The number of nitrogens with two attached hydrogens (primary N) is 1. The lowest BCUT2D eigenvalue weighted by Crippen LogP contribution is -2.19. The van der Waals surface area contributed by atoms with Gasteiger partial charge in [0.2, 0.25) is 0 Å². The smallest absolute Gasteiger partial charge is 0.131 e. The van der Waals surface area contributed by atoms with E-state index in [0.29, 0.717) is 6.61 Å². The predicted molar refractivity (Wildman–Crippen MR) is 36.5 cm³/mol. The number of hydroxylamine groups is 1. The third-order valence-corrected chi connectivity index (χ3v) is 1.37. The van der Waals surface area contributed by atoms with Crippen LogP contribution in [0.25, 0.3) is 0 Å². The number of rotatable bonds is 3. The summed E-state index contributed by atoms with van der Waals surface area (Å²) in [7, 11) is 0. The van der Waals surface area contributed by atoms with Crippen molar-refractivity contribution in [3.05, 3.63) is 11.8 Å². The number of nitrogens with one attached hydrogen (secondary N) is 1. The molecule has 0 saturated heterocycles. The molecule has 1 aliphatic heterocycles. The highest BCUT2D eigenvalue weighted by atomic mass is 16.7. The molecule has 0 saturated carbocycles. The molecule has 1 aliphatic rings. The van der Waals surface area contributed by atoms with Gasteiger partial charge in [-0.1, -0.05) is 6.92 Å². The molecule has 4 nitrogen and oxygen atoms in total. The molecule has 0 aromatic heterocycles. The minimum atomic E-state index is -0.0278. The summed E-state index contributed by atoms with van der Waals surface area (Å²) in [4.78, 5) is 9.46. The topological polar surface area (TPSA) is 56.5 Å². The molecule has 0 aliphatic carbocycles. The van der Waals surface area contributed by atoms with Crippen molar-refractivity contribution < 1.29 is 9.68 Å². The van der Waals surface area contributed by atoms with Crippen molar-refractivity contribution >= 4 is 0 Å². The summed E-state index contributed by atoms with van der Waals surface area (Å²) in [5, 5.41) is 0. The molecule has 0 radical (unpaired) electrons. The number of allylic oxidation sites excluding steroid dienone is 1. The van der Waals surface area contributed by atoms with E-state index in [2.05, 4.69) is 10.3 Å². The summed E-state index contributed by atoms with van der Waals surface area (Å²) < 4.78 is 0. The van der Waals surface area contributed by atoms with Crippen LogP contribution in [-0.4, -0.2) is 12.7 Å². The molecule has 1 unspecified atom stereocenters. The largest absolute Gasteiger partial charge is 0.301 e. The SMILES string of the molecule is CCC1=CC(CON)ON1. The first kappa shape index (κ1) is 7.53. The number of hydrogen-bond donors (Lipinski definition) is 2. The summed E-state index contributed by atoms with van der Waals surface area (Å²) in [5.74, 6) is 4.86. The third kappa shape index (κ3) is 1.70. The van der Waals surface area contributed by atoms with Crippen molar-refractivity contribution in [3.63, 3.8) is 0 Å². The van der Waals surface area contributed by atoms with Crippen LogP contribution in [0.4, 0.5) is 0 Å². The van der Waals surface area contributed by atoms with Gasteiger partial charge in [-0.05, 0) is 12.5 Å². The van der Waals surface area contributed by atoms with E-state index in [1.165, 1.54) is 0 Å². The molecule has 0 spiro atoms. The summed E-state index contributed by atoms with van der Waals surface area (Å²) in [5.41, 5.74) is 3.85. The van der Waals surface area contributed by atoms with Gasteiger partial charge in [-0.3, -0.25) is 10.3 Å². The van der Waals surface area contributed by atoms with Gasteiger partial charge >= 0.3 is 0 Å². The van der Waals surface area contributed by atoms with Gasteiger partial charge in [0.05, 0.1) is 0 Å². The quantitative estimate of drug-likeness (QED) is 0.550. The fourth-order valence-corrected chi connectivity index (χ4v) is 0.811. The fourth-order valence-electron chi connectivity index (χ4n) is 0.811. The first-order valence-corrected chi connectivity index (χ1v) is 3.31. The third-order valence-electron chi connectivity index (χ3n) is 1.37. The molecular formula is C6H12N2O2. The lowest BCUT2D eigenvalue weighted by atomic mass is 10.3. The lowest BCUT2D eigenvalue weighted by molar-refractivity contribution is -0.0159. The summed E-state index contributed by atoms with van der Waals surface area (Å²) in [6.45, 7) is 2.45. The van der Waals surface area contributed by atoms with Crippen LogP contribution in [0.1, 0.15) is 13.3 Å². The van der Waals surface area contributed by atoms with E-state index in [0.717, 1.165) is 12.1 Å². The normalized spacial score (nSPS) is 24.2. The van der Waals surface area contributed by atoms with Gasteiger partial charge in [-0.2, -0.15) is 0 Å². The second kappa shape index (κ2) is 3.55. The summed E-state index contributed by atoms with van der Waals surface area (Å²) in [6, 6.07) is 0. The first-order chi connectivity index (χ1) is 4.86. The molecule has 1 heterocycles. The fraction of sp³-hybridized carbons (Fsp3) is 0.667. The molecule has 0 aromatic rings. The van der Waals surface area contributed by atoms with Crippen molar-refractivity contribution in [3.8, 4) is 0 Å². The highest BCUT2D eigenvalue weighted by molar-refractivity contribution is 5.05. The Morgan fingerprint density at radius 3 is 3.20 bits per heavy atom. The van der Waals surface area contributed by atoms with Crippen molar-refractivity contribution in [2.45, 2.75) is 19.4 Å². The Morgan fingerprint density at radius 2 is 2.70 bits per heavy atom.